The minimum atomic E-state index is -4.34. The Labute approximate surface area is 128 Å². The van der Waals surface area contributed by atoms with Gasteiger partial charge in [0.2, 0.25) is 5.91 Å². The Morgan fingerprint density at radius 1 is 1.23 bits per heavy atom. The average molecular weight is 323 g/mol. The van der Waals surface area contributed by atoms with E-state index in [1.807, 2.05) is 7.05 Å². The zero-order chi connectivity index (χ0) is 16.3. The molecule has 2 fully saturated rings. The van der Waals surface area contributed by atoms with Gasteiger partial charge in [-0.05, 0) is 26.4 Å². The van der Waals surface area contributed by atoms with Gasteiger partial charge in [-0.15, -0.1) is 0 Å². The summed E-state index contributed by atoms with van der Waals surface area (Å²) in [6.07, 6.45) is -5.03. The van der Waals surface area contributed by atoms with E-state index in [2.05, 4.69) is 4.90 Å². The summed E-state index contributed by atoms with van der Waals surface area (Å²) in [6, 6.07) is -0.0534. The van der Waals surface area contributed by atoms with Crippen LogP contribution in [0.15, 0.2) is 0 Å². The van der Waals surface area contributed by atoms with Crippen LogP contribution in [0.5, 0.6) is 0 Å². The molecule has 5 nitrogen and oxygen atoms in total. The van der Waals surface area contributed by atoms with Crippen molar-refractivity contribution in [2.75, 3.05) is 46.3 Å². The van der Waals surface area contributed by atoms with Crippen molar-refractivity contribution in [3.8, 4) is 0 Å². The molecule has 2 saturated heterocycles. The van der Waals surface area contributed by atoms with Crippen LogP contribution in [0.25, 0.3) is 0 Å². The number of hydrogen-bond donors (Lipinski definition) is 1. The number of rotatable bonds is 4. The van der Waals surface area contributed by atoms with Gasteiger partial charge in [0.1, 0.15) is 0 Å². The second kappa shape index (κ2) is 7.14. The van der Waals surface area contributed by atoms with Crippen LogP contribution < -0.4 is 0 Å². The second-order valence-corrected chi connectivity index (χ2v) is 6.24. The lowest BCUT2D eigenvalue weighted by molar-refractivity contribution is -0.155. The van der Waals surface area contributed by atoms with Crippen molar-refractivity contribution in [3.63, 3.8) is 0 Å². The molecule has 0 aliphatic carbocycles. The monoisotopic (exact) mass is 323 g/mol. The molecule has 22 heavy (non-hydrogen) atoms. The zero-order valence-electron chi connectivity index (χ0n) is 12.8. The first-order valence-electron chi connectivity index (χ1n) is 7.72. The van der Waals surface area contributed by atoms with Crippen molar-refractivity contribution in [3.05, 3.63) is 0 Å². The van der Waals surface area contributed by atoms with Crippen molar-refractivity contribution in [2.24, 2.45) is 0 Å². The Bertz CT molecular complexity index is 384. The summed E-state index contributed by atoms with van der Waals surface area (Å²) < 4.78 is 36.6. The Morgan fingerprint density at radius 3 is 2.36 bits per heavy atom. The largest absolute Gasteiger partial charge is 0.391 e. The van der Waals surface area contributed by atoms with E-state index in [-0.39, 0.29) is 18.5 Å². The van der Waals surface area contributed by atoms with Crippen LogP contribution >= 0.6 is 0 Å². The summed E-state index contributed by atoms with van der Waals surface area (Å²) in [7, 11) is 1.94. The summed E-state index contributed by atoms with van der Waals surface area (Å²) in [4.78, 5) is 18.0. The molecule has 8 heteroatoms. The van der Waals surface area contributed by atoms with Crippen molar-refractivity contribution in [1.82, 2.24) is 14.7 Å². The van der Waals surface area contributed by atoms with E-state index < -0.39 is 18.7 Å². The predicted octanol–water partition coefficient (Wildman–Crippen LogP) is 0.538. The average Bonchev–Trinajstić information content (AvgIpc) is 2.83. The Morgan fingerprint density at radius 2 is 1.86 bits per heavy atom. The highest BCUT2D eigenvalue weighted by Crippen LogP contribution is 2.22. The lowest BCUT2D eigenvalue weighted by Crippen LogP contribution is -2.54. The van der Waals surface area contributed by atoms with E-state index >= 15 is 0 Å². The molecular weight excluding hydrogens is 299 g/mol. The van der Waals surface area contributed by atoms with E-state index in [0.717, 1.165) is 19.4 Å². The minimum Gasteiger partial charge on any atom is -0.391 e. The molecule has 1 amide bonds. The van der Waals surface area contributed by atoms with Crippen LogP contribution in [0.1, 0.15) is 19.3 Å². The minimum absolute atomic E-state index is 0.00483. The number of amides is 1. The van der Waals surface area contributed by atoms with Crippen LogP contribution in [0, 0.1) is 0 Å². The van der Waals surface area contributed by atoms with Gasteiger partial charge in [-0.2, -0.15) is 13.2 Å². The predicted molar refractivity (Wildman–Crippen MR) is 75.4 cm³/mol. The number of carbonyl (C=O) groups is 1. The van der Waals surface area contributed by atoms with Crippen LogP contribution in [0.2, 0.25) is 0 Å². The lowest BCUT2D eigenvalue weighted by Gasteiger charge is -2.37. The summed E-state index contributed by atoms with van der Waals surface area (Å²) in [6.45, 7) is 2.99. The van der Waals surface area contributed by atoms with E-state index in [1.165, 1.54) is 0 Å². The van der Waals surface area contributed by atoms with Crippen LogP contribution in [0.3, 0.4) is 0 Å². The zero-order valence-corrected chi connectivity index (χ0v) is 12.8. The smallest absolute Gasteiger partial charge is 0.391 e. The molecule has 2 rings (SSSR count). The van der Waals surface area contributed by atoms with Crippen molar-refractivity contribution in [2.45, 2.75) is 37.6 Å². The number of likely N-dealkylation sites (tertiary alicyclic amines) is 1. The number of piperazine rings is 1. The SMILES string of the molecule is CN1CCCC1C(=O)N1CCN(CC(O)CC(F)(F)F)CC1. The number of β-amino-alcohol motifs (C(OH)–C–C–N with tert-alkyl or cyclic N) is 1. The number of carbonyl (C=O) groups excluding carboxylic acids is 1. The fraction of sp³-hybridized carbons (Fsp3) is 0.929. The van der Waals surface area contributed by atoms with Gasteiger partial charge >= 0.3 is 6.18 Å². The van der Waals surface area contributed by atoms with Crippen molar-refractivity contribution < 1.29 is 23.1 Å². The van der Waals surface area contributed by atoms with Crippen molar-refractivity contribution >= 4 is 5.91 Å². The molecular formula is C14H24F3N3O2. The fourth-order valence-corrected chi connectivity index (χ4v) is 3.21. The number of alkyl halides is 3. The third-order valence-electron chi connectivity index (χ3n) is 4.43. The number of halogens is 3. The van der Waals surface area contributed by atoms with Gasteiger partial charge in [-0.1, -0.05) is 0 Å². The standard InChI is InChI=1S/C14H24F3N3O2/c1-18-4-2-3-12(18)13(22)20-7-5-19(6-8-20)10-11(21)9-14(15,16)17/h11-12,21H,2-10H2,1H3. The van der Waals surface area contributed by atoms with Crippen LogP contribution in [-0.2, 0) is 4.79 Å². The lowest BCUT2D eigenvalue weighted by atomic mass is 10.1. The molecule has 0 aromatic heterocycles. The maximum Gasteiger partial charge on any atom is 0.391 e. The van der Waals surface area contributed by atoms with Gasteiger partial charge in [-0.3, -0.25) is 14.6 Å². The molecule has 2 unspecified atom stereocenters. The molecule has 0 radical (unpaired) electrons. The maximum atomic E-state index is 12.4. The first kappa shape index (κ1) is 17.5. The number of nitrogens with zero attached hydrogens (tertiary/aromatic N) is 3. The molecule has 0 aromatic carbocycles. The number of hydrogen-bond acceptors (Lipinski definition) is 4. The normalized spacial score (nSPS) is 26.4. The summed E-state index contributed by atoms with van der Waals surface area (Å²) in [5.41, 5.74) is 0. The molecule has 1 N–H and O–H groups in total. The Kier molecular flexibility index (Phi) is 5.68. The van der Waals surface area contributed by atoms with Crippen molar-refractivity contribution in [1.29, 1.82) is 0 Å². The molecule has 0 saturated carbocycles. The molecule has 0 bridgehead atoms. The number of aliphatic hydroxyl groups is 1. The molecule has 0 aromatic rings. The van der Waals surface area contributed by atoms with Gasteiger partial charge in [0, 0.05) is 32.7 Å². The molecule has 128 valence electrons. The van der Waals surface area contributed by atoms with Crippen LogP contribution in [0.4, 0.5) is 13.2 Å². The fourth-order valence-electron chi connectivity index (χ4n) is 3.21. The van der Waals surface area contributed by atoms with E-state index in [1.54, 1.807) is 9.80 Å². The topological polar surface area (TPSA) is 47.0 Å². The maximum absolute atomic E-state index is 12.4. The number of likely N-dealkylation sites (N-methyl/N-ethyl adjacent to an activating group) is 1. The summed E-state index contributed by atoms with van der Waals surface area (Å²) >= 11 is 0. The van der Waals surface area contributed by atoms with Gasteiger partial charge < -0.3 is 10.0 Å². The first-order chi connectivity index (χ1) is 10.3. The quantitative estimate of drug-likeness (QED) is 0.820. The molecule has 2 atom stereocenters. The molecule has 2 aliphatic heterocycles. The van der Waals surface area contributed by atoms with Gasteiger partial charge in [0.15, 0.2) is 0 Å². The van der Waals surface area contributed by atoms with E-state index in [9.17, 15) is 23.1 Å². The first-order valence-corrected chi connectivity index (χ1v) is 7.72. The Hall–Kier alpha value is -0.860. The highest BCUT2D eigenvalue weighted by molar-refractivity contribution is 5.82. The molecule has 2 aliphatic rings. The third-order valence-corrected chi connectivity index (χ3v) is 4.43. The number of aliphatic hydroxyl groups excluding tert-OH is 1. The van der Waals surface area contributed by atoms with Gasteiger partial charge in [0.05, 0.1) is 18.6 Å². The highest BCUT2D eigenvalue weighted by atomic mass is 19.4. The van der Waals surface area contributed by atoms with E-state index in [0.29, 0.717) is 26.2 Å². The van der Waals surface area contributed by atoms with Gasteiger partial charge in [0.25, 0.3) is 0 Å². The summed E-state index contributed by atoms with van der Waals surface area (Å²) in [5, 5.41) is 9.47. The van der Waals surface area contributed by atoms with E-state index in [4.69, 9.17) is 0 Å². The second-order valence-electron chi connectivity index (χ2n) is 6.24. The molecule has 0 spiro atoms. The van der Waals surface area contributed by atoms with Crippen LogP contribution in [-0.4, -0.2) is 90.4 Å². The van der Waals surface area contributed by atoms with Gasteiger partial charge in [-0.25, -0.2) is 0 Å². The Balaban J connectivity index is 1.74. The summed E-state index contributed by atoms with van der Waals surface area (Å²) in [5.74, 6) is 0.121. The highest BCUT2D eigenvalue weighted by Gasteiger charge is 2.34. The third kappa shape index (κ3) is 4.82. The molecule has 2 heterocycles.